The average Bonchev–Trinajstić information content (AvgIpc) is 2.80. The summed E-state index contributed by atoms with van der Waals surface area (Å²) >= 11 is 3.37. The molecule has 156 valence electrons. The molecule has 3 aromatic rings. The van der Waals surface area contributed by atoms with Gasteiger partial charge in [-0.05, 0) is 35.9 Å². The Morgan fingerprint density at radius 1 is 0.900 bits per heavy atom. The van der Waals surface area contributed by atoms with Crippen molar-refractivity contribution in [1.29, 1.82) is 0 Å². The van der Waals surface area contributed by atoms with Gasteiger partial charge in [-0.25, -0.2) is 0 Å². The Morgan fingerprint density at radius 3 is 2.17 bits per heavy atom. The summed E-state index contributed by atoms with van der Waals surface area (Å²) in [6, 6.07) is 24.2. The first-order valence-electron chi connectivity index (χ1n) is 9.58. The Hall–Kier alpha value is -2.57. The first kappa shape index (κ1) is 22.1. The molecule has 1 amide bonds. The lowest BCUT2D eigenvalue weighted by Gasteiger charge is -2.21. The van der Waals surface area contributed by atoms with Gasteiger partial charge in [0, 0.05) is 34.7 Å². The molecular formula is C24H25NO3S2. The summed E-state index contributed by atoms with van der Waals surface area (Å²) in [6.45, 7) is 1.14. The van der Waals surface area contributed by atoms with Crippen LogP contribution in [0.1, 0.15) is 5.56 Å². The number of hydrogen-bond acceptors (Lipinski definition) is 5. The topological polar surface area (TPSA) is 38.8 Å². The Kier molecular flexibility index (Phi) is 8.53. The third kappa shape index (κ3) is 6.21. The van der Waals surface area contributed by atoms with Crippen molar-refractivity contribution in [2.24, 2.45) is 0 Å². The van der Waals surface area contributed by atoms with Crippen molar-refractivity contribution >= 4 is 29.9 Å². The van der Waals surface area contributed by atoms with Crippen LogP contribution >= 0.6 is 23.5 Å². The number of benzene rings is 3. The molecule has 0 heterocycles. The highest BCUT2D eigenvalue weighted by Crippen LogP contribution is 2.40. The van der Waals surface area contributed by atoms with E-state index in [1.165, 1.54) is 4.90 Å². The maximum absolute atomic E-state index is 11.8. The zero-order valence-electron chi connectivity index (χ0n) is 17.1. The van der Waals surface area contributed by atoms with Gasteiger partial charge in [-0.3, -0.25) is 4.79 Å². The predicted molar refractivity (Wildman–Crippen MR) is 124 cm³/mol. The zero-order chi connectivity index (χ0) is 21.2. The van der Waals surface area contributed by atoms with Gasteiger partial charge in [-0.1, -0.05) is 48.2 Å². The van der Waals surface area contributed by atoms with E-state index >= 15 is 0 Å². The summed E-state index contributed by atoms with van der Waals surface area (Å²) in [5, 5.41) is 0. The molecule has 0 aliphatic carbocycles. The lowest BCUT2D eigenvalue weighted by Crippen LogP contribution is -2.24. The standard InChI is InChI=1S/C24H25NO3S2/c1-27-20-15-19(17-25(18-26)13-14-29-21-9-5-3-6-10-21)24(23(16-20)28-2)30-22-11-7-4-8-12-22/h3-12,15-16,18H,13-14,17H2,1-2H3. The molecule has 0 fully saturated rings. The van der Waals surface area contributed by atoms with Gasteiger partial charge >= 0.3 is 0 Å². The van der Waals surface area contributed by atoms with E-state index in [1.807, 2.05) is 48.5 Å². The van der Waals surface area contributed by atoms with Crippen LogP contribution in [0.25, 0.3) is 0 Å². The second-order valence-corrected chi connectivity index (χ2v) is 8.72. The number of nitrogens with zero attached hydrogens (tertiary/aromatic N) is 1. The minimum atomic E-state index is 0.488. The Labute approximate surface area is 186 Å². The first-order valence-corrected chi connectivity index (χ1v) is 11.4. The van der Waals surface area contributed by atoms with Crippen LogP contribution in [-0.4, -0.2) is 37.8 Å². The van der Waals surface area contributed by atoms with Gasteiger partial charge in [0.1, 0.15) is 11.5 Å². The van der Waals surface area contributed by atoms with Crippen molar-refractivity contribution < 1.29 is 14.3 Å². The molecule has 0 aliphatic heterocycles. The van der Waals surface area contributed by atoms with Crippen LogP contribution in [0.4, 0.5) is 0 Å². The smallest absolute Gasteiger partial charge is 0.210 e. The fraction of sp³-hybridized carbons (Fsp3) is 0.208. The fourth-order valence-corrected chi connectivity index (χ4v) is 4.86. The van der Waals surface area contributed by atoms with Crippen LogP contribution in [0.5, 0.6) is 11.5 Å². The average molecular weight is 440 g/mol. The molecule has 0 saturated heterocycles. The second-order valence-electron chi connectivity index (χ2n) is 6.47. The van der Waals surface area contributed by atoms with E-state index in [2.05, 4.69) is 24.3 Å². The molecule has 0 aliphatic rings. The van der Waals surface area contributed by atoms with E-state index in [1.54, 1.807) is 42.6 Å². The Bertz CT molecular complexity index is 936. The van der Waals surface area contributed by atoms with Crippen molar-refractivity contribution in [1.82, 2.24) is 4.90 Å². The third-order valence-electron chi connectivity index (χ3n) is 4.44. The normalized spacial score (nSPS) is 10.5. The number of carbonyl (C=O) groups excluding carboxylic acids is 1. The maximum Gasteiger partial charge on any atom is 0.210 e. The molecule has 30 heavy (non-hydrogen) atoms. The van der Waals surface area contributed by atoms with Crippen LogP contribution in [0.3, 0.4) is 0 Å². The molecule has 0 unspecified atom stereocenters. The monoisotopic (exact) mass is 439 g/mol. The maximum atomic E-state index is 11.8. The molecule has 6 heteroatoms. The van der Waals surface area contributed by atoms with Crippen LogP contribution in [-0.2, 0) is 11.3 Å². The van der Waals surface area contributed by atoms with Gasteiger partial charge in [-0.2, -0.15) is 0 Å². The second kappa shape index (κ2) is 11.6. The molecule has 0 N–H and O–H groups in total. The van der Waals surface area contributed by atoms with E-state index in [9.17, 15) is 4.79 Å². The lowest BCUT2D eigenvalue weighted by molar-refractivity contribution is -0.118. The largest absolute Gasteiger partial charge is 0.497 e. The van der Waals surface area contributed by atoms with Crippen LogP contribution in [0.15, 0.2) is 87.5 Å². The van der Waals surface area contributed by atoms with Crippen molar-refractivity contribution in [3.63, 3.8) is 0 Å². The number of thioether (sulfide) groups is 1. The first-order chi connectivity index (χ1) is 14.7. The lowest BCUT2D eigenvalue weighted by atomic mass is 10.2. The summed E-state index contributed by atoms with van der Waals surface area (Å²) in [6.07, 6.45) is 0.911. The number of rotatable bonds is 11. The Morgan fingerprint density at radius 2 is 1.57 bits per heavy atom. The molecule has 0 spiro atoms. The van der Waals surface area contributed by atoms with Gasteiger partial charge in [-0.15, -0.1) is 11.8 Å². The number of carbonyl (C=O) groups is 1. The van der Waals surface area contributed by atoms with Gasteiger partial charge in [0.15, 0.2) is 0 Å². The quantitative estimate of drug-likeness (QED) is 0.287. The van der Waals surface area contributed by atoms with E-state index in [4.69, 9.17) is 9.47 Å². The third-order valence-corrected chi connectivity index (χ3v) is 6.60. The van der Waals surface area contributed by atoms with Gasteiger partial charge in [0.25, 0.3) is 0 Å². The van der Waals surface area contributed by atoms with Crippen molar-refractivity contribution in [3.05, 3.63) is 78.4 Å². The highest BCUT2D eigenvalue weighted by molar-refractivity contribution is 7.99. The SMILES string of the molecule is COc1cc(CN(C=O)CCSc2ccccc2)c(Sc2ccccc2)c(OC)c1. The molecule has 0 radical (unpaired) electrons. The fourth-order valence-electron chi connectivity index (χ4n) is 2.93. The molecule has 0 saturated carbocycles. The zero-order valence-corrected chi connectivity index (χ0v) is 18.7. The van der Waals surface area contributed by atoms with E-state index in [-0.39, 0.29) is 0 Å². The van der Waals surface area contributed by atoms with Gasteiger partial charge in [0.2, 0.25) is 6.41 Å². The van der Waals surface area contributed by atoms with E-state index < -0.39 is 0 Å². The van der Waals surface area contributed by atoms with E-state index in [0.717, 1.165) is 33.3 Å². The van der Waals surface area contributed by atoms with Gasteiger partial charge < -0.3 is 14.4 Å². The molecular weight excluding hydrogens is 414 g/mol. The van der Waals surface area contributed by atoms with Crippen LogP contribution in [0.2, 0.25) is 0 Å². The summed E-state index contributed by atoms with van der Waals surface area (Å²) in [5.41, 5.74) is 0.997. The van der Waals surface area contributed by atoms with Gasteiger partial charge in [0.05, 0.1) is 19.1 Å². The number of methoxy groups -OCH3 is 2. The molecule has 3 aromatic carbocycles. The van der Waals surface area contributed by atoms with Crippen molar-refractivity contribution in [3.8, 4) is 11.5 Å². The van der Waals surface area contributed by atoms with Crippen molar-refractivity contribution in [2.75, 3.05) is 26.5 Å². The molecule has 3 rings (SSSR count). The summed E-state index contributed by atoms with van der Waals surface area (Å²) in [7, 11) is 3.29. The number of hydrogen-bond donors (Lipinski definition) is 0. The highest BCUT2D eigenvalue weighted by Gasteiger charge is 2.16. The molecule has 0 bridgehead atoms. The Balaban J connectivity index is 1.78. The number of ether oxygens (including phenoxy) is 2. The van der Waals surface area contributed by atoms with Crippen LogP contribution in [0, 0.1) is 0 Å². The molecule has 4 nitrogen and oxygen atoms in total. The summed E-state index contributed by atoms with van der Waals surface area (Å²) in [4.78, 5) is 16.9. The highest BCUT2D eigenvalue weighted by atomic mass is 32.2. The van der Waals surface area contributed by atoms with Crippen LogP contribution < -0.4 is 9.47 Å². The summed E-state index contributed by atoms with van der Waals surface area (Å²) in [5.74, 6) is 2.27. The molecule has 0 aromatic heterocycles. The van der Waals surface area contributed by atoms with Crippen molar-refractivity contribution in [2.45, 2.75) is 21.2 Å². The summed E-state index contributed by atoms with van der Waals surface area (Å²) < 4.78 is 11.1. The van der Waals surface area contributed by atoms with E-state index in [0.29, 0.717) is 18.8 Å². The predicted octanol–water partition coefficient (Wildman–Crippen LogP) is 5.61. The molecule has 0 atom stereocenters. The number of amides is 1. The minimum Gasteiger partial charge on any atom is -0.497 e. The minimum absolute atomic E-state index is 0.488.